The number of nitrogens with one attached hydrogen (secondary N) is 2. The largest absolute Gasteiger partial charge is 0.395 e. The summed E-state index contributed by atoms with van der Waals surface area (Å²) in [6.45, 7) is 4.29. The minimum Gasteiger partial charge on any atom is -0.395 e. The van der Waals surface area contributed by atoms with E-state index in [1.165, 1.54) is 11.2 Å². The molecule has 102 valence electrons. The molecule has 0 saturated carbocycles. The monoisotopic (exact) mass is 263 g/mol. The van der Waals surface area contributed by atoms with Crippen molar-refractivity contribution in [2.24, 2.45) is 0 Å². The van der Waals surface area contributed by atoms with Crippen LogP contribution in [0.1, 0.15) is 41.8 Å². The fraction of sp³-hybridized carbons (Fsp3) is 0.455. The predicted molar refractivity (Wildman–Crippen MR) is 69.3 cm³/mol. The fourth-order valence-electron chi connectivity index (χ4n) is 1.75. The summed E-state index contributed by atoms with van der Waals surface area (Å²) in [6, 6.07) is 0. The van der Waals surface area contributed by atoms with Crippen LogP contribution >= 0.6 is 0 Å². The van der Waals surface area contributed by atoms with E-state index in [-0.39, 0.29) is 17.5 Å². The van der Waals surface area contributed by atoms with Crippen LogP contribution in [0.15, 0.2) is 6.33 Å². The standard InChI is InChI=1S/C11H17N7O/c1-6(2)9-8(12)10(17-16-9)11(19)18(3)4-7-13-5-14-15-7/h5-6H,4,12H2,1-3H3,(H,16,17)(H,13,14,15). The third-order valence-electron chi connectivity index (χ3n) is 2.81. The minimum atomic E-state index is -0.253. The van der Waals surface area contributed by atoms with Gasteiger partial charge < -0.3 is 10.6 Å². The van der Waals surface area contributed by atoms with Gasteiger partial charge in [0.1, 0.15) is 12.2 Å². The molecular weight excluding hydrogens is 246 g/mol. The van der Waals surface area contributed by atoms with E-state index in [1.54, 1.807) is 7.05 Å². The fourth-order valence-corrected chi connectivity index (χ4v) is 1.75. The van der Waals surface area contributed by atoms with E-state index < -0.39 is 0 Å². The second-order valence-electron chi connectivity index (χ2n) is 4.65. The molecule has 8 heteroatoms. The number of anilines is 1. The number of aromatic nitrogens is 5. The van der Waals surface area contributed by atoms with E-state index in [4.69, 9.17) is 5.73 Å². The Hall–Kier alpha value is -2.38. The van der Waals surface area contributed by atoms with Gasteiger partial charge >= 0.3 is 0 Å². The van der Waals surface area contributed by atoms with Crippen molar-refractivity contribution in [1.29, 1.82) is 0 Å². The van der Waals surface area contributed by atoms with Gasteiger partial charge in [0.25, 0.3) is 5.91 Å². The molecule has 0 saturated heterocycles. The average molecular weight is 263 g/mol. The molecular formula is C11H17N7O. The number of carbonyl (C=O) groups excluding carboxylic acids is 1. The van der Waals surface area contributed by atoms with Gasteiger partial charge in [0.05, 0.1) is 17.9 Å². The number of amides is 1. The molecule has 0 aliphatic heterocycles. The van der Waals surface area contributed by atoms with Gasteiger partial charge in [-0.05, 0) is 5.92 Å². The summed E-state index contributed by atoms with van der Waals surface area (Å²) in [7, 11) is 1.66. The van der Waals surface area contributed by atoms with E-state index in [1.807, 2.05) is 13.8 Å². The van der Waals surface area contributed by atoms with Gasteiger partial charge in [0.15, 0.2) is 5.69 Å². The molecule has 0 bridgehead atoms. The number of hydrogen-bond donors (Lipinski definition) is 3. The first-order valence-electron chi connectivity index (χ1n) is 5.94. The van der Waals surface area contributed by atoms with E-state index in [9.17, 15) is 4.79 Å². The lowest BCUT2D eigenvalue weighted by Gasteiger charge is -2.14. The molecule has 2 rings (SSSR count). The van der Waals surface area contributed by atoms with Crippen LogP contribution in [-0.4, -0.2) is 43.2 Å². The maximum absolute atomic E-state index is 12.2. The molecule has 4 N–H and O–H groups in total. The molecule has 2 aromatic rings. The number of nitrogens with two attached hydrogens (primary N) is 1. The Morgan fingerprint density at radius 1 is 1.47 bits per heavy atom. The highest BCUT2D eigenvalue weighted by molar-refractivity contribution is 5.97. The van der Waals surface area contributed by atoms with Gasteiger partial charge in [0.2, 0.25) is 0 Å². The van der Waals surface area contributed by atoms with Crippen molar-refractivity contribution in [3.63, 3.8) is 0 Å². The second-order valence-corrected chi connectivity index (χ2v) is 4.65. The highest BCUT2D eigenvalue weighted by Crippen LogP contribution is 2.22. The third-order valence-corrected chi connectivity index (χ3v) is 2.81. The van der Waals surface area contributed by atoms with Crippen LogP contribution in [-0.2, 0) is 6.54 Å². The van der Waals surface area contributed by atoms with Gasteiger partial charge in [-0.2, -0.15) is 10.2 Å². The van der Waals surface area contributed by atoms with Crippen LogP contribution < -0.4 is 5.73 Å². The molecule has 0 spiro atoms. The molecule has 2 aromatic heterocycles. The third kappa shape index (κ3) is 2.56. The Balaban J connectivity index is 2.15. The zero-order chi connectivity index (χ0) is 14.0. The minimum absolute atomic E-state index is 0.189. The van der Waals surface area contributed by atoms with Crippen LogP contribution in [0.5, 0.6) is 0 Å². The van der Waals surface area contributed by atoms with E-state index in [0.717, 1.165) is 5.69 Å². The van der Waals surface area contributed by atoms with Crippen LogP contribution in [0.25, 0.3) is 0 Å². The number of rotatable bonds is 4. The Bertz CT molecular complexity index is 558. The molecule has 0 aromatic carbocycles. The van der Waals surface area contributed by atoms with Gasteiger partial charge in [0, 0.05) is 7.05 Å². The predicted octanol–water partition coefficient (Wildman–Crippen LogP) is 0.506. The molecule has 0 aliphatic carbocycles. The lowest BCUT2D eigenvalue weighted by molar-refractivity contribution is 0.0777. The van der Waals surface area contributed by atoms with Gasteiger partial charge in [-0.15, -0.1) is 0 Å². The molecule has 1 amide bonds. The van der Waals surface area contributed by atoms with Crippen molar-refractivity contribution in [2.75, 3.05) is 12.8 Å². The van der Waals surface area contributed by atoms with Crippen molar-refractivity contribution < 1.29 is 4.79 Å². The van der Waals surface area contributed by atoms with Crippen molar-refractivity contribution in [2.45, 2.75) is 26.3 Å². The lowest BCUT2D eigenvalue weighted by Crippen LogP contribution is -2.27. The highest BCUT2D eigenvalue weighted by atomic mass is 16.2. The first kappa shape index (κ1) is 13.1. The zero-order valence-corrected chi connectivity index (χ0v) is 11.1. The van der Waals surface area contributed by atoms with Crippen molar-refractivity contribution in [3.05, 3.63) is 23.5 Å². The molecule has 19 heavy (non-hydrogen) atoms. The number of nitrogens with zero attached hydrogens (tertiary/aromatic N) is 4. The van der Waals surface area contributed by atoms with Gasteiger partial charge in [-0.3, -0.25) is 15.0 Å². The number of nitrogen functional groups attached to an aromatic ring is 1. The summed E-state index contributed by atoms with van der Waals surface area (Å²) in [5, 5.41) is 13.2. The topological polar surface area (TPSA) is 117 Å². The summed E-state index contributed by atoms with van der Waals surface area (Å²) in [4.78, 5) is 17.7. The van der Waals surface area contributed by atoms with Gasteiger partial charge in [-0.25, -0.2) is 4.98 Å². The number of aromatic amines is 2. The maximum atomic E-state index is 12.2. The molecule has 2 heterocycles. The SMILES string of the molecule is CC(C)c1[nH]nc(C(=O)N(C)Cc2ncn[nH]2)c1N. The first-order valence-corrected chi connectivity index (χ1v) is 5.94. The van der Waals surface area contributed by atoms with E-state index in [0.29, 0.717) is 18.1 Å². The van der Waals surface area contributed by atoms with Crippen LogP contribution in [0.3, 0.4) is 0 Å². The quantitative estimate of drug-likeness (QED) is 0.742. The normalized spacial score (nSPS) is 10.9. The van der Waals surface area contributed by atoms with Crippen molar-refractivity contribution in [3.8, 4) is 0 Å². The smallest absolute Gasteiger partial charge is 0.276 e. The summed E-state index contributed by atoms with van der Waals surface area (Å²) in [6.07, 6.45) is 1.40. The summed E-state index contributed by atoms with van der Waals surface area (Å²) in [5.74, 6) is 0.541. The van der Waals surface area contributed by atoms with Crippen molar-refractivity contribution in [1.82, 2.24) is 30.3 Å². The number of carbonyl (C=O) groups is 1. The Morgan fingerprint density at radius 2 is 2.21 bits per heavy atom. The highest BCUT2D eigenvalue weighted by Gasteiger charge is 2.22. The maximum Gasteiger partial charge on any atom is 0.276 e. The Labute approximate surface area is 110 Å². The van der Waals surface area contributed by atoms with E-state index >= 15 is 0 Å². The van der Waals surface area contributed by atoms with Gasteiger partial charge in [-0.1, -0.05) is 13.8 Å². The number of hydrogen-bond acceptors (Lipinski definition) is 5. The second kappa shape index (κ2) is 5.09. The molecule has 0 atom stereocenters. The molecule has 0 radical (unpaired) electrons. The molecule has 8 nitrogen and oxygen atoms in total. The lowest BCUT2D eigenvalue weighted by atomic mass is 10.1. The molecule has 0 fully saturated rings. The van der Waals surface area contributed by atoms with Crippen LogP contribution in [0.4, 0.5) is 5.69 Å². The molecule has 0 aliphatic rings. The Morgan fingerprint density at radius 3 is 2.74 bits per heavy atom. The zero-order valence-electron chi connectivity index (χ0n) is 11.1. The molecule has 0 unspecified atom stereocenters. The van der Waals surface area contributed by atoms with Crippen molar-refractivity contribution >= 4 is 11.6 Å². The summed E-state index contributed by atoms with van der Waals surface area (Å²) >= 11 is 0. The first-order chi connectivity index (χ1) is 9.00. The average Bonchev–Trinajstić information content (AvgIpc) is 2.97. The van der Waals surface area contributed by atoms with Crippen LogP contribution in [0, 0.1) is 0 Å². The Kier molecular flexibility index (Phi) is 3.50. The summed E-state index contributed by atoms with van der Waals surface area (Å²) < 4.78 is 0. The van der Waals surface area contributed by atoms with Crippen LogP contribution in [0.2, 0.25) is 0 Å². The van der Waals surface area contributed by atoms with E-state index in [2.05, 4.69) is 25.4 Å². The summed E-state index contributed by atoms with van der Waals surface area (Å²) in [5.41, 5.74) is 7.36. The number of H-pyrrole nitrogens is 2.